The Balaban J connectivity index is 2.25. The van der Waals surface area contributed by atoms with Crippen LogP contribution in [0.2, 0.25) is 0 Å². The first-order chi connectivity index (χ1) is 8.70. The average molecular weight is 312 g/mol. The van der Waals surface area contributed by atoms with E-state index in [0.717, 1.165) is 4.47 Å². The van der Waals surface area contributed by atoms with Crippen molar-refractivity contribution in [3.8, 4) is 11.3 Å². The Labute approximate surface area is 112 Å². The number of rotatable bonds is 4. The van der Waals surface area contributed by atoms with Crippen molar-refractivity contribution in [2.45, 2.75) is 0 Å². The molecule has 4 nitrogen and oxygen atoms in total. The molecule has 0 saturated carbocycles. The fourth-order valence-electron chi connectivity index (χ4n) is 1.45. The minimum atomic E-state index is -0.344. The highest BCUT2D eigenvalue weighted by Gasteiger charge is 2.07. The van der Waals surface area contributed by atoms with E-state index in [4.69, 9.17) is 5.11 Å². The van der Waals surface area contributed by atoms with Gasteiger partial charge in [0, 0.05) is 16.6 Å². The van der Waals surface area contributed by atoms with E-state index in [1.807, 2.05) is 0 Å². The zero-order valence-electron chi connectivity index (χ0n) is 9.40. The number of aliphatic hydroxyl groups is 1. The molecule has 2 rings (SSSR count). The quantitative estimate of drug-likeness (QED) is 0.910. The minimum Gasteiger partial charge on any atom is -0.395 e. The molecule has 0 radical (unpaired) electrons. The summed E-state index contributed by atoms with van der Waals surface area (Å²) in [6.45, 7) is 0.420. The highest BCUT2D eigenvalue weighted by atomic mass is 79.9. The molecule has 0 bridgehead atoms. The Morgan fingerprint density at radius 2 is 2.06 bits per heavy atom. The monoisotopic (exact) mass is 311 g/mol. The smallest absolute Gasteiger partial charge is 0.148 e. The second-order valence-corrected chi connectivity index (χ2v) is 4.49. The lowest BCUT2D eigenvalue weighted by Crippen LogP contribution is -2.07. The molecule has 18 heavy (non-hydrogen) atoms. The molecule has 0 unspecified atom stereocenters. The number of benzene rings is 1. The van der Waals surface area contributed by atoms with Gasteiger partial charge < -0.3 is 10.4 Å². The maximum atomic E-state index is 13.6. The lowest BCUT2D eigenvalue weighted by molar-refractivity contribution is 0.311. The molecule has 1 heterocycles. The molecular weight excluding hydrogens is 301 g/mol. The summed E-state index contributed by atoms with van der Waals surface area (Å²) < 4.78 is 14.4. The van der Waals surface area contributed by atoms with E-state index in [1.54, 1.807) is 24.3 Å². The molecule has 1 aromatic carbocycles. The summed E-state index contributed by atoms with van der Waals surface area (Å²) >= 11 is 3.29. The first kappa shape index (κ1) is 12.9. The van der Waals surface area contributed by atoms with Gasteiger partial charge in [-0.2, -0.15) is 0 Å². The molecule has 0 aliphatic carbocycles. The number of hydrogen-bond donors (Lipinski definition) is 2. The van der Waals surface area contributed by atoms with Gasteiger partial charge in [0.2, 0.25) is 0 Å². The van der Waals surface area contributed by atoms with Crippen LogP contribution < -0.4 is 5.32 Å². The fraction of sp³-hybridized carbons (Fsp3) is 0.167. The van der Waals surface area contributed by atoms with Crippen molar-refractivity contribution >= 4 is 21.7 Å². The summed E-state index contributed by atoms with van der Waals surface area (Å²) in [6, 6.07) is 8.03. The molecule has 0 saturated heterocycles. The van der Waals surface area contributed by atoms with Gasteiger partial charge >= 0.3 is 0 Å². The summed E-state index contributed by atoms with van der Waals surface area (Å²) in [5, 5.41) is 19.4. The molecule has 0 fully saturated rings. The Morgan fingerprint density at radius 1 is 1.22 bits per heavy atom. The molecule has 6 heteroatoms. The second kappa shape index (κ2) is 5.88. The number of nitrogens with zero attached hydrogens (tertiary/aromatic N) is 2. The van der Waals surface area contributed by atoms with E-state index in [0.29, 0.717) is 23.6 Å². The van der Waals surface area contributed by atoms with Crippen molar-refractivity contribution in [3.05, 3.63) is 40.6 Å². The van der Waals surface area contributed by atoms with Crippen LogP contribution in [0.1, 0.15) is 0 Å². The van der Waals surface area contributed by atoms with Gasteiger partial charge in [-0.1, -0.05) is 15.9 Å². The fourth-order valence-corrected chi connectivity index (χ4v) is 1.81. The Kier molecular flexibility index (Phi) is 4.22. The Morgan fingerprint density at radius 3 is 2.72 bits per heavy atom. The normalized spacial score (nSPS) is 10.4. The number of halogens is 2. The Bertz CT molecular complexity index is 533. The van der Waals surface area contributed by atoms with E-state index in [9.17, 15) is 4.39 Å². The minimum absolute atomic E-state index is 0.0176. The largest absolute Gasteiger partial charge is 0.395 e. The molecule has 0 atom stereocenters. The molecular formula is C12H11BrFN3O. The number of hydrogen-bond acceptors (Lipinski definition) is 4. The van der Waals surface area contributed by atoms with Crippen LogP contribution in [0.5, 0.6) is 0 Å². The molecule has 0 amide bonds. The molecule has 0 aliphatic heterocycles. The number of aliphatic hydroxyl groups excluding tert-OH is 1. The summed E-state index contributed by atoms with van der Waals surface area (Å²) in [5.74, 6) is 0.201. The van der Waals surface area contributed by atoms with E-state index in [-0.39, 0.29) is 12.4 Å². The van der Waals surface area contributed by atoms with Gasteiger partial charge in [-0.3, -0.25) is 0 Å². The van der Waals surface area contributed by atoms with Crippen LogP contribution in [0.25, 0.3) is 11.3 Å². The van der Waals surface area contributed by atoms with Crippen molar-refractivity contribution in [2.24, 2.45) is 0 Å². The maximum absolute atomic E-state index is 13.6. The van der Waals surface area contributed by atoms with Gasteiger partial charge in [-0.05, 0) is 30.3 Å². The third kappa shape index (κ3) is 3.02. The van der Waals surface area contributed by atoms with Crippen LogP contribution in [0.4, 0.5) is 10.2 Å². The molecule has 0 aliphatic rings. The molecule has 1 aromatic heterocycles. The number of nitrogens with one attached hydrogen (secondary N) is 1. The maximum Gasteiger partial charge on any atom is 0.148 e. The SMILES string of the molecule is OCCNc1ccc(-c2cc(Br)ccc2F)nn1. The van der Waals surface area contributed by atoms with Gasteiger partial charge in [-0.15, -0.1) is 10.2 Å². The first-order valence-corrected chi connectivity index (χ1v) is 6.14. The van der Waals surface area contributed by atoms with Crippen LogP contribution in [-0.4, -0.2) is 28.5 Å². The van der Waals surface area contributed by atoms with E-state index < -0.39 is 0 Å². The van der Waals surface area contributed by atoms with E-state index in [1.165, 1.54) is 6.07 Å². The van der Waals surface area contributed by atoms with Crippen molar-refractivity contribution < 1.29 is 9.50 Å². The van der Waals surface area contributed by atoms with Crippen molar-refractivity contribution in [3.63, 3.8) is 0 Å². The zero-order valence-corrected chi connectivity index (χ0v) is 11.0. The van der Waals surface area contributed by atoms with E-state index >= 15 is 0 Å². The van der Waals surface area contributed by atoms with Crippen molar-refractivity contribution in [1.82, 2.24) is 10.2 Å². The summed E-state index contributed by atoms with van der Waals surface area (Å²) in [7, 11) is 0. The molecule has 2 aromatic rings. The third-order valence-electron chi connectivity index (χ3n) is 2.29. The molecule has 94 valence electrons. The Hall–Kier alpha value is -1.53. The predicted molar refractivity (Wildman–Crippen MR) is 70.7 cm³/mol. The first-order valence-electron chi connectivity index (χ1n) is 5.34. The highest BCUT2D eigenvalue weighted by molar-refractivity contribution is 9.10. The summed E-state index contributed by atoms with van der Waals surface area (Å²) in [6.07, 6.45) is 0. The second-order valence-electron chi connectivity index (χ2n) is 3.58. The van der Waals surface area contributed by atoms with Crippen LogP contribution in [-0.2, 0) is 0 Å². The van der Waals surface area contributed by atoms with Gasteiger partial charge in [-0.25, -0.2) is 4.39 Å². The number of anilines is 1. The predicted octanol–water partition coefficient (Wildman–Crippen LogP) is 2.45. The van der Waals surface area contributed by atoms with Crippen LogP contribution in [0, 0.1) is 5.82 Å². The van der Waals surface area contributed by atoms with Gasteiger partial charge in [0.15, 0.2) is 0 Å². The summed E-state index contributed by atoms with van der Waals surface area (Å²) in [4.78, 5) is 0. The lowest BCUT2D eigenvalue weighted by atomic mass is 10.1. The van der Waals surface area contributed by atoms with Crippen LogP contribution in [0.15, 0.2) is 34.8 Å². The third-order valence-corrected chi connectivity index (χ3v) is 2.78. The van der Waals surface area contributed by atoms with Crippen molar-refractivity contribution in [2.75, 3.05) is 18.5 Å². The van der Waals surface area contributed by atoms with E-state index in [2.05, 4.69) is 31.4 Å². The van der Waals surface area contributed by atoms with Crippen LogP contribution in [0.3, 0.4) is 0 Å². The number of aromatic nitrogens is 2. The average Bonchev–Trinajstić information content (AvgIpc) is 2.40. The molecule has 0 spiro atoms. The highest BCUT2D eigenvalue weighted by Crippen LogP contribution is 2.24. The van der Waals surface area contributed by atoms with Crippen molar-refractivity contribution in [1.29, 1.82) is 0 Å². The van der Waals surface area contributed by atoms with Gasteiger partial charge in [0.05, 0.1) is 12.3 Å². The van der Waals surface area contributed by atoms with Crippen LogP contribution >= 0.6 is 15.9 Å². The lowest BCUT2D eigenvalue weighted by Gasteiger charge is -2.05. The topological polar surface area (TPSA) is 58.0 Å². The van der Waals surface area contributed by atoms with Gasteiger partial charge in [0.1, 0.15) is 11.6 Å². The zero-order chi connectivity index (χ0) is 13.0. The molecule has 2 N–H and O–H groups in total. The summed E-state index contributed by atoms with van der Waals surface area (Å²) in [5.41, 5.74) is 0.855. The van der Waals surface area contributed by atoms with Gasteiger partial charge in [0.25, 0.3) is 0 Å². The standard InChI is InChI=1S/C12H11BrFN3O/c13-8-1-2-10(14)9(7-8)11-3-4-12(17-16-11)15-5-6-18/h1-4,7,18H,5-6H2,(H,15,17).